The maximum atomic E-state index is 13.4. The third-order valence-corrected chi connectivity index (χ3v) is 1.57. The van der Waals surface area contributed by atoms with Gasteiger partial charge in [-0.25, -0.2) is 4.39 Å². The lowest BCUT2D eigenvalue weighted by molar-refractivity contribution is 0.288. The Morgan fingerprint density at radius 3 is 1.79 bits per heavy atom. The van der Waals surface area contributed by atoms with E-state index >= 15 is 0 Å². The number of hydrogen-bond donors (Lipinski definition) is 0. The van der Waals surface area contributed by atoms with Crippen molar-refractivity contribution in [3.8, 4) is 11.5 Å². The maximum Gasteiger partial charge on any atom is 0.207 e. The molecule has 0 aromatic heterocycles. The van der Waals surface area contributed by atoms with Crippen LogP contribution in [0.15, 0.2) is 12.1 Å². The van der Waals surface area contributed by atoms with Crippen molar-refractivity contribution in [3.05, 3.63) is 23.8 Å². The van der Waals surface area contributed by atoms with Crippen molar-refractivity contribution in [3.63, 3.8) is 0 Å². The third-order valence-electron chi connectivity index (χ3n) is 1.57. The van der Waals surface area contributed by atoms with Crippen LogP contribution in [-0.2, 0) is 0 Å². The number of halogens is 2. The van der Waals surface area contributed by atoms with Crippen LogP contribution in [0.5, 0.6) is 11.5 Å². The highest BCUT2D eigenvalue weighted by Crippen LogP contribution is 2.28. The van der Waals surface area contributed by atoms with E-state index in [1.807, 2.05) is 0 Å². The van der Waals surface area contributed by atoms with Gasteiger partial charge in [-0.05, 0) is 13.8 Å². The molecule has 0 aliphatic carbocycles. The van der Waals surface area contributed by atoms with Gasteiger partial charge in [-0.2, -0.15) is 4.39 Å². The van der Waals surface area contributed by atoms with Crippen molar-refractivity contribution >= 4 is 0 Å². The average Bonchev–Trinajstić information content (AvgIpc) is 2.14. The first-order valence-corrected chi connectivity index (χ1v) is 4.43. The van der Waals surface area contributed by atoms with E-state index in [9.17, 15) is 8.78 Å². The number of rotatable bonds is 4. The predicted octanol–water partition coefficient (Wildman–Crippen LogP) is 2.76. The van der Waals surface area contributed by atoms with Crippen LogP contribution < -0.4 is 9.47 Å². The Morgan fingerprint density at radius 2 is 1.43 bits per heavy atom. The van der Waals surface area contributed by atoms with Crippen molar-refractivity contribution in [1.29, 1.82) is 0 Å². The molecule has 0 saturated heterocycles. The smallest absolute Gasteiger partial charge is 0.207 e. The Balaban J connectivity index is 3.04. The second-order valence-corrected chi connectivity index (χ2v) is 2.58. The summed E-state index contributed by atoms with van der Waals surface area (Å²) >= 11 is 0. The minimum Gasteiger partial charge on any atom is -0.491 e. The van der Waals surface area contributed by atoms with Crippen LogP contribution in [0.4, 0.5) is 8.78 Å². The van der Waals surface area contributed by atoms with Crippen LogP contribution in [0.2, 0.25) is 0 Å². The van der Waals surface area contributed by atoms with E-state index in [1.54, 1.807) is 13.8 Å². The van der Waals surface area contributed by atoms with Gasteiger partial charge in [0.15, 0.2) is 11.5 Å². The summed E-state index contributed by atoms with van der Waals surface area (Å²) in [6.07, 6.45) is 0. The Labute approximate surface area is 81.4 Å². The lowest BCUT2D eigenvalue weighted by Gasteiger charge is -2.09. The van der Waals surface area contributed by atoms with Crippen LogP contribution in [0, 0.1) is 11.6 Å². The maximum absolute atomic E-state index is 13.4. The second-order valence-electron chi connectivity index (χ2n) is 2.58. The zero-order chi connectivity index (χ0) is 10.6. The number of benzene rings is 1. The summed E-state index contributed by atoms with van der Waals surface area (Å²) in [5.41, 5.74) is 0. The molecule has 0 N–H and O–H groups in total. The van der Waals surface area contributed by atoms with Gasteiger partial charge in [0.2, 0.25) is 5.82 Å². The normalized spacial score (nSPS) is 10.0. The van der Waals surface area contributed by atoms with Crippen molar-refractivity contribution in [1.82, 2.24) is 0 Å². The van der Waals surface area contributed by atoms with E-state index < -0.39 is 11.6 Å². The highest BCUT2D eigenvalue weighted by molar-refractivity contribution is 5.36. The minimum absolute atomic E-state index is 0.115. The SMILES string of the molecule is CCOc1cc(F)cc(OCC)c1F. The summed E-state index contributed by atoms with van der Waals surface area (Å²) in [6, 6.07) is 2.00. The Hall–Kier alpha value is -1.32. The summed E-state index contributed by atoms with van der Waals surface area (Å²) in [4.78, 5) is 0. The van der Waals surface area contributed by atoms with Crippen LogP contribution in [0.3, 0.4) is 0 Å². The molecule has 1 aromatic rings. The molecule has 4 heteroatoms. The van der Waals surface area contributed by atoms with Gasteiger partial charge >= 0.3 is 0 Å². The molecule has 0 bridgehead atoms. The molecular weight excluding hydrogens is 190 g/mol. The highest BCUT2D eigenvalue weighted by atomic mass is 19.1. The molecule has 0 aliphatic rings. The van der Waals surface area contributed by atoms with Gasteiger partial charge in [0.05, 0.1) is 13.2 Å². The Bertz CT molecular complexity index is 286. The summed E-state index contributed by atoms with van der Waals surface area (Å²) in [5.74, 6) is -1.46. The molecule has 0 atom stereocenters. The lowest BCUT2D eigenvalue weighted by atomic mass is 10.3. The number of ether oxygens (including phenoxy) is 2. The van der Waals surface area contributed by atoms with E-state index in [1.165, 1.54) is 0 Å². The summed E-state index contributed by atoms with van der Waals surface area (Å²) in [5, 5.41) is 0. The quantitative estimate of drug-likeness (QED) is 0.747. The van der Waals surface area contributed by atoms with E-state index in [0.717, 1.165) is 12.1 Å². The summed E-state index contributed by atoms with van der Waals surface area (Å²) in [6.45, 7) is 3.97. The third kappa shape index (κ3) is 2.34. The van der Waals surface area contributed by atoms with Gasteiger partial charge in [-0.3, -0.25) is 0 Å². The van der Waals surface area contributed by atoms with Crippen LogP contribution in [-0.4, -0.2) is 13.2 Å². The van der Waals surface area contributed by atoms with Gasteiger partial charge in [-0.1, -0.05) is 0 Å². The first kappa shape index (κ1) is 10.8. The highest BCUT2D eigenvalue weighted by Gasteiger charge is 2.12. The molecule has 2 nitrogen and oxygen atoms in total. The Kier molecular flexibility index (Phi) is 3.68. The predicted molar refractivity (Wildman–Crippen MR) is 48.7 cm³/mol. The van der Waals surface area contributed by atoms with E-state index in [-0.39, 0.29) is 24.7 Å². The van der Waals surface area contributed by atoms with Crippen molar-refractivity contribution < 1.29 is 18.3 Å². The molecule has 0 unspecified atom stereocenters. The van der Waals surface area contributed by atoms with E-state index in [0.29, 0.717) is 0 Å². The van der Waals surface area contributed by atoms with Crippen LogP contribution >= 0.6 is 0 Å². The topological polar surface area (TPSA) is 18.5 Å². The molecule has 0 radical (unpaired) electrons. The average molecular weight is 202 g/mol. The van der Waals surface area contributed by atoms with Crippen LogP contribution in [0.25, 0.3) is 0 Å². The van der Waals surface area contributed by atoms with Crippen molar-refractivity contribution in [2.24, 2.45) is 0 Å². The van der Waals surface area contributed by atoms with Gasteiger partial charge < -0.3 is 9.47 Å². The second kappa shape index (κ2) is 4.79. The Morgan fingerprint density at radius 1 is 1.00 bits per heavy atom. The van der Waals surface area contributed by atoms with Gasteiger partial charge in [0.25, 0.3) is 0 Å². The lowest BCUT2D eigenvalue weighted by Crippen LogP contribution is -2.00. The van der Waals surface area contributed by atoms with Gasteiger partial charge in [0, 0.05) is 12.1 Å². The molecule has 0 aliphatic heterocycles. The molecule has 0 fully saturated rings. The first-order valence-electron chi connectivity index (χ1n) is 4.43. The minimum atomic E-state index is -0.657. The molecule has 14 heavy (non-hydrogen) atoms. The monoisotopic (exact) mass is 202 g/mol. The fourth-order valence-electron chi connectivity index (χ4n) is 1.06. The van der Waals surface area contributed by atoms with Crippen LogP contribution in [0.1, 0.15) is 13.8 Å². The molecular formula is C10H12F2O2. The molecule has 1 aromatic carbocycles. The zero-order valence-corrected chi connectivity index (χ0v) is 8.14. The van der Waals surface area contributed by atoms with Crippen molar-refractivity contribution in [2.45, 2.75) is 13.8 Å². The molecule has 1 rings (SSSR count). The standard InChI is InChI=1S/C10H12F2O2/c1-3-13-8-5-7(11)6-9(10(8)12)14-4-2/h5-6H,3-4H2,1-2H3. The largest absolute Gasteiger partial charge is 0.491 e. The summed E-state index contributed by atoms with van der Waals surface area (Å²) in [7, 11) is 0. The van der Waals surface area contributed by atoms with Crippen molar-refractivity contribution in [2.75, 3.05) is 13.2 Å². The van der Waals surface area contributed by atoms with Gasteiger partial charge in [-0.15, -0.1) is 0 Å². The molecule has 0 saturated carbocycles. The molecule has 0 heterocycles. The molecule has 78 valence electrons. The van der Waals surface area contributed by atoms with E-state index in [4.69, 9.17) is 9.47 Å². The molecule has 0 spiro atoms. The molecule has 0 amide bonds. The summed E-state index contributed by atoms with van der Waals surface area (Å²) < 4.78 is 36.2. The van der Waals surface area contributed by atoms with Gasteiger partial charge in [0.1, 0.15) is 5.82 Å². The fourth-order valence-corrected chi connectivity index (χ4v) is 1.06. The number of hydrogen-bond acceptors (Lipinski definition) is 2. The first-order chi connectivity index (χ1) is 6.69. The van der Waals surface area contributed by atoms with E-state index in [2.05, 4.69) is 0 Å². The fraction of sp³-hybridized carbons (Fsp3) is 0.400. The zero-order valence-electron chi connectivity index (χ0n) is 8.14.